The molecule has 0 saturated carbocycles. The Hall–Kier alpha value is -0.120. The second-order valence-corrected chi connectivity index (χ2v) is 2.85. The van der Waals surface area contributed by atoms with Crippen LogP contribution in [0.5, 0.6) is 0 Å². The predicted molar refractivity (Wildman–Crippen MR) is 34.0 cm³/mol. The Balaban J connectivity index is 3.47. The van der Waals surface area contributed by atoms with Crippen molar-refractivity contribution in [3.63, 3.8) is 0 Å². The van der Waals surface area contributed by atoms with Crippen LogP contribution < -0.4 is 0 Å². The van der Waals surface area contributed by atoms with Crippen LogP contribution in [0.25, 0.3) is 0 Å². The minimum Gasteiger partial charge on any atom is -0.394 e. The van der Waals surface area contributed by atoms with Crippen molar-refractivity contribution in [1.29, 1.82) is 0 Å². The highest BCUT2D eigenvalue weighted by Gasteiger charge is 2.17. The highest BCUT2D eigenvalue weighted by atomic mass is 16.3. The molecular formula is C6H14O3. The van der Waals surface area contributed by atoms with E-state index in [0.717, 1.165) is 0 Å². The van der Waals surface area contributed by atoms with Crippen molar-refractivity contribution in [2.24, 2.45) is 0 Å². The first kappa shape index (κ1) is 8.88. The molecule has 9 heavy (non-hydrogen) atoms. The summed E-state index contributed by atoms with van der Waals surface area (Å²) in [4.78, 5) is 0. The molecule has 0 aromatic heterocycles. The standard InChI is InChI=1S/C6H14O3/c1-6(2,9)3-5(8)4-7/h5,7-9H,3-4H2,1-2H3/t5-/m1/s1. The van der Waals surface area contributed by atoms with E-state index in [1.807, 2.05) is 0 Å². The molecule has 0 aromatic rings. The van der Waals surface area contributed by atoms with Crippen LogP contribution in [0.15, 0.2) is 0 Å². The molecule has 0 saturated heterocycles. The summed E-state index contributed by atoms with van der Waals surface area (Å²) in [5.41, 5.74) is -0.887. The second-order valence-electron chi connectivity index (χ2n) is 2.85. The third-order valence-corrected chi connectivity index (χ3v) is 0.946. The van der Waals surface area contributed by atoms with E-state index in [4.69, 9.17) is 15.3 Å². The summed E-state index contributed by atoms with van der Waals surface area (Å²) in [5.74, 6) is 0. The molecule has 0 heterocycles. The maximum absolute atomic E-state index is 9.05. The largest absolute Gasteiger partial charge is 0.394 e. The van der Waals surface area contributed by atoms with Crippen molar-refractivity contribution in [3.05, 3.63) is 0 Å². The lowest BCUT2D eigenvalue weighted by molar-refractivity contribution is -0.00260. The van der Waals surface area contributed by atoms with Gasteiger partial charge in [-0.1, -0.05) is 0 Å². The molecule has 0 aliphatic rings. The predicted octanol–water partition coefficient (Wildman–Crippen LogP) is -0.499. The van der Waals surface area contributed by atoms with Crippen LogP contribution in [0, 0.1) is 0 Å². The molecule has 0 aliphatic heterocycles. The van der Waals surface area contributed by atoms with Gasteiger partial charge in [0.15, 0.2) is 0 Å². The van der Waals surface area contributed by atoms with Crippen LogP contribution in [0.4, 0.5) is 0 Å². The first-order valence-corrected chi connectivity index (χ1v) is 2.97. The van der Waals surface area contributed by atoms with E-state index in [9.17, 15) is 0 Å². The fourth-order valence-corrected chi connectivity index (χ4v) is 0.641. The van der Waals surface area contributed by atoms with Gasteiger partial charge >= 0.3 is 0 Å². The number of hydrogen-bond acceptors (Lipinski definition) is 3. The molecule has 3 nitrogen and oxygen atoms in total. The van der Waals surface area contributed by atoms with E-state index in [2.05, 4.69) is 0 Å². The molecule has 0 rings (SSSR count). The van der Waals surface area contributed by atoms with Gasteiger partial charge in [-0.05, 0) is 13.8 Å². The molecule has 1 atom stereocenters. The van der Waals surface area contributed by atoms with E-state index in [-0.39, 0.29) is 13.0 Å². The second kappa shape index (κ2) is 3.15. The Morgan fingerprint density at radius 3 is 2.00 bits per heavy atom. The fourth-order valence-electron chi connectivity index (χ4n) is 0.641. The zero-order valence-corrected chi connectivity index (χ0v) is 5.83. The van der Waals surface area contributed by atoms with E-state index in [1.54, 1.807) is 13.8 Å². The summed E-state index contributed by atoms with van der Waals surface area (Å²) in [6.07, 6.45) is -0.589. The third-order valence-electron chi connectivity index (χ3n) is 0.946. The highest BCUT2D eigenvalue weighted by Crippen LogP contribution is 2.09. The summed E-state index contributed by atoms with van der Waals surface area (Å²) in [6, 6.07) is 0. The number of rotatable bonds is 3. The number of hydrogen-bond donors (Lipinski definition) is 3. The van der Waals surface area contributed by atoms with Gasteiger partial charge in [-0.25, -0.2) is 0 Å². The summed E-state index contributed by atoms with van der Waals surface area (Å²) >= 11 is 0. The average Bonchev–Trinajstić information content (AvgIpc) is 1.62. The molecule has 0 fully saturated rings. The van der Waals surface area contributed by atoms with Gasteiger partial charge in [-0.15, -0.1) is 0 Å². The Labute approximate surface area is 54.9 Å². The van der Waals surface area contributed by atoms with Gasteiger partial charge in [0.25, 0.3) is 0 Å². The topological polar surface area (TPSA) is 60.7 Å². The molecule has 0 unspecified atom stereocenters. The van der Waals surface area contributed by atoms with Crippen LogP contribution in [0.3, 0.4) is 0 Å². The van der Waals surface area contributed by atoms with Crippen LogP contribution in [-0.2, 0) is 0 Å². The highest BCUT2D eigenvalue weighted by molar-refractivity contribution is 4.69. The summed E-state index contributed by atoms with van der Waals surface area (Å²) < 4.78 is 0. The van der Waals surface area contributed by atoms with Crippen molar-refractivity contribution >= 4 is 0 Å². The van der Waals surface area contributed by atoms with Crippen LogP contribution in [0.2, 0.25) is 0 Å². The van der Waals surface area contributed by atoms with Gasteiger partial charge < -0.3 is 15.3 Å². The lowest BCUT2D eigenvalue weighted by Crippen LogP contribution is -2.28. The van der Waals surface area contributed by atoms with E-state index in [0.29, 0.717) is 0 Å². The Morgan fingerprint density at radius 1 is 1.44 bits per heavy atom. The molecular weight excluding hydrogens is 120 g/mol. The monoisotopic (exact) mass is 134 g/mol. The molecule has 0 amide bonds. The molecule has 0 radical (unpaired) electrons. The van der Waals surface area contributed by atoms with Gasteiger partial charge in [0, 0.05) is 6.42 Å². The van der Waals surface area contributed by atoms with Gasteiger partial charge in [0.2, 0.25) is 0 Å². The van der Waals surface area contributed by atoms with E-state index in [1.165, 1.54) is 0 Å². The number of aliphatic hydroxyl groups is 3. The summed E-state index contributed by atoms with van der Waals surface area (Å²) in [5, 5.41) is 26.2. The molecule has 0 aromatic carbocycles. The first-order chi connectivity index (χ1) is 3.95. The van der Waals surface area contributed by atoms with Crippen molar-refractivity contribution in [1.82, 2.24) is 0 Å². The Morgan fingerprint density at radius 2 is 1.89 bits per heavy atom. The maximum Gasteiger partial charge on any atom is 0.0798 e. The third kappa shape index (κ3) is 5.76. The summed E-state index contributed by atoms with van der Waals surface area (Å²) in [7, 11) is 0. The molecule has 0 spiro atoms. The molecule has 0 aliphatic carbocycles. The minimum atomic E-state index is -0.887. The lowest BCUT2D eigenvalue weighted by atomic mass is 10.0. The van der Waals surface area contributed by atoms with Crippen LogP contribution >= 0.6 is 0 Å². The molecule has 56 valence electrons. The van der Waals surface area contributed by atoms with Crippen molar-refractivity contribution < 1.29 is 15.3 Å². The lowest BCUT2D eigenvalue weighted by Gasteiger charge is -2.19. The van der Waals surface area contributed by atoms with Crippen molar-refractivity contribution in [2.45, 2.75) is 32.0 Å². The molecule has 3 heteroatoms. The summed E-state index contributed by atoms with van der Waals surface area (Å²) in [6.45, 7) is 2.89. The van der Waals surface area contributed by atoms with Gasteiger partial charge in [0.05, 0.1) is 18.3 Å². The molecule has 0 bridgehead atoms. The molecule has 3 N–H and O–H groups in total. The minimum absolute atomic E-state index is 0.212. The van der Waals surface area contributed by atoms with Crippen molar-refractivity contribution in [3.8, 4) is 0 Å². The first-order valence-electron chi connectivity index (χ1n) is 2.97. The van der Waals surface area contributed by atoms with Crippen molar-refractivity contribution in [2.75, 3.05) is 6.61 Å². The van der Waals surface area contributed by atoms with Gasteiger partial charge in [0.1, 0.15) is 0 Å². The van der Waals surface area contributed by atoms with E-state index >= 15 is 0 Å². The van der Waals surface area contributed by atoms with E-state index < -0.39 is 11.7 Å². The van der Waals surface area contributed by atoms with Gasteiger partial charge in [-0.3, -0.25) is 0 Å². The SMILES string of the molecule is CC(C)(O)C[C@@H](O)CO. The maximum atomic E-state index is 9.05. The Bertz CT molecular complexity index is 74.9. The quantitative estimate of drug-likeness (QED) is 0.487. The van der Waals surface area contributed by atoms with Crippen LogP contribution in [-0.4, -0.2) is 33.6 Å². The zero-order valence-electron chi connectivity index (χ0n) is 5.83. The Kier molecular flexibility index (Phi) is 3.11. The van der Waals surface area contributed by atoms with Crippen LogP contribution in [0.1, 0.15) is 20.3 Å². The zero-order chi connectivity index (χ0) is 7.49. The average molecular weight is 134 g/mol. The fraction of sp³-hybridized carbons (Fsp3) is 1.00. The van der Waals surface area contributed by atoms with Gasteiger partial charge in [-0.2, -0.15) is 0 Å². The number of aliphatic hydroxyl groups excluding tert-OH is 2. The smallest absolute Gasteiger partial charge is 0.0798 e. The normalized spacial score (nSPS) is 15.7.